The van der Waals surface area contributed by atoms with Gasteiger partial charge in [-0.1, -0.05) is 23.7 Å². The highest BCUT2D eigenvalue weighted by Gasteiger charge is 2.19. The van der Waals surface area contributed by atoms with E-state index in [1.54, 1.807) is 24.3 Å². The minimum atomic E-state index is -0.567. The van der Waals surface area contributed by atoms with E-state index < -0.39 is 17.5 Å². The van der Waals surface area contributed by atoms with Crippen molar-refractivity contribution in [2.24, 2.45) is 0 Å². The highest BCUT2D eigenvalue weighted by molar-refractivity contribution is 6.33. The molecule has 0 aliphatic carbocycles. The van der Waals surface area contributed by atoms with Crippen LogP contribution in [0, 0.1) is 11.6 Å². The standard InChI is InChI=1S/C21H13ClF2N4O/c22-17-3-1-2-4-18(17)25-21(29)19-26-20(13-5-7-14(23)8-6-13)28(27-19)16-11-9-15(24)10-12-16/h1-12H,(H,25,29). The van der Waals surface area contributed by atoms with Gasteiger partial charge in [-0.15, -0.1) is 5.10 Å². The van der Waals surface area contributed by atoms with E-state index in [9.17, 15) is 13.6 Å². The summed E-state index contributed by atoms with van der Waals surface area (Å²) in [6.07, 6.45) is 0. The zero-order valence-electron chi connectivity index (χ0n) is 14.8. The Bertz CT molecular complexity index is 1110. The number of rotatable bonds is 4. The lowest BCUT2D eigenvalue weighted by atomic mass is 10.2. The Morgan fingerprint density at radius 1 is 0.897 bits per heavy atom. The van der Waals surface area contributed by atoms with Crippen LogP contribution in [-0.2, 0) is 0 Å². The van der Waals surface area contributed by atoms with E-state index in [-0.39, 0.29) is 5.82 Å². The molecule has 4 rings (SSSR count). The van der Waals surface area contributed by atoms with Crippen LogP contribution >= 0.6 is 11.6 Å². The summed E-state index contributed by atoms with van der Waals surface area (Å²) in [5.74, 6) is -1.19. The molecule has 1 aromatic heterocycles. The summed E-state index contributed by atoms with van der Waals surface area (Å²) >= 11 is 6.08. The predicted molar refractivity (Wildman–Crippen MR) is 106 cm³/mol. The lowest BCUT2D eigenvalue weighted by Gasteiger charge is -2.06. The molecule has 5 nitrogen and oxygen atoms in total. The molecular formula is C21H13ClF2N4O. The second-order valence-corrected chi connectivity index (χ2v) is 6.50. The number of para-hydroxylation sites is 1. The average molecular weight is 411 g/mol. The SMILES string of the molecule is O=C(Nc1ccccc1Cl)c1nc(-c2ccc(F)cc2)n(-c2ccc(F)cc2)n1. The number of aromatic nitrogens is 3. The molecule has 0 unspecified atom stereocenters. The monoisotopic (exact) mass is 410 g/mol. The molecule has 0 bridgehead atoms. The largest absolute Gasteiger partial charge is 0.318 e. The molecule has 144 valence electrons. The maximum Gasteiger partial charge on any atom is 0.295 e. The van der Waals surface area contributed by atoms with Gasteiger partial charge in [-0.05, 0) is 60.7 Å². The van der Waals surface area contributed by atoms with Gasteiger partial charge in [-0.2, -0.15) is 0 Å². The molecule has 29 heavy (non-hydrogen) atoms. The van der Waals surface area contributed by atoms with Crippen molar-refractivity contribution in [2.75, 3.05) is 5.32 Å². The molecular weight excluding hydrogens is 398 g/mol. The normalized spacial score (nSPS) is 10.7. The molecule has 1 N–H and O–H groups in total. The summed E-state index contributed by atoms with van der Waals surface area (Å²) in [5.41, 5.74) is 1.45. The summed E-state index contributed by atoms with van der Waals surface area (Å²) in [5, 5.41) is 7.30. The maximum atomic E-state index is 13.3. The Morgan fingerprint density at radius 3 is 2.17 bits per heavy atom. The lowest BCUT2D eigenvalue weighted by molar-refractivity contribution is 0.101. The van der Waals surface area contributed by atoms with Crippen molar-refractivity contribution < 1.29 is 13.6 Å². The van der Waals surface area contributed by atoms with E-state index in [0.29, 0.717) is 27.8 Å². The van der Waals surface area contributed by atoms with Gasteiger partial charge in [0.2, 0.25) is 5.82 Å². The number of nitrogens with zero attached hydrogens (tertiary/aromatic N) is 3. The van der Waals surface area contributed by atoms with Gasteiger partial charge in [0.1, 0.15) is 11.6 Å². The smallest absolute Gasteiger partial charge is 0.295 e. The number of carbonyl (C=O) groups is 1. The fourth-order valence-electron chi connectivity index (χ4n) is 2.70. The van der Waals surface area contributed by atoms with Crippen LogP contribution in [0.1, 0.15) is 10.6 Å². The van der Waals surface area contributed by atoms with Crippen LogP contribution < -0.4 is 5.32 Å². The zero-order chi connectivity index (χ0) is 20.4. The van der Waals surface area contributed by atoms with Gasteiger partial charge >= 0.3 is 0 Å². The minimum Gasteiger partial charge on any atom is -0.318 e. The van der Waals surface area contributed by atoms with Crippen LogP contribution in [0.25, 0.3) is 17.1 Å². The van der Waals surface area contributed by atoms with Gasteiger partial charge in [-0.3, -0.25) is 4.79 Å². The first-order valence-corrected chi connectivity index (χ1v) is 8.94. The van der Waals surface area contributed by atoms with Gasteiger partial charge in [0.15, 0.2) is 5.82 Å². The number of anilines is 1. The highest BCUT2D eigenvalue weighted by Crippen LogP contribution is 2.24. The number of nitrogens with one attached hydrogen (secondary N) is 1. The van der Waals surface area contributed by atoms with Crippen molar-refractivity contribution in [3.05, 3.63) is 95.3 Å². The van der Waals surface area contributed by atoms with Crippen LogP contribution in [0.15, 0.2) is 72.8 Å². The van der Waals surface area contributed by atoms with Crippen molar-refractivity contribution in [1.29, 1.82) is 0 Å². The average Bonchev–Trinajstić information content (AvgIpc) is 3.16. The summed E-state index contributed by atoms with van der Waals surface area (Å²) in [7, 11) is 0. The molecule has 0 saturated heterocycles. The fourth-order valence-corrected chi connectivity index (χ4v) is 2.88. The van der Waals surface area contributed by atoms with E-state index in [0.717, 1.165) is 0 Å². The molecule has 4 aromatic rings. The number of halogens is 3. The van der Waals surface area contributed by atoms with Gasteiger partial charge in [-0.25, -0.2) is 18.4 Å². The predicted octanol–water partition coefficient (Wildman–Crippen LogP) is 5.12. The molecule has 3 aromatic carbocycles. The topological polar surface area (TPSA) is 59.8 Å². The van der Waals surface area contributed by atoms with E-state index in [1.165, 1.54) is 53.2 Å². The first-order valence-electron chi connectivity index (χ1n) is 8.56. The van der Waals surface area contributed by atoms with Gasteiger partial charge < -0.3 is 5.32 Å². The van der Waals surface area contributed by atoms with Crippen LogP contribution in [-0.4, -0.2) is 20.7 Å². The molecule has 8 heteroatoms. The maximum absolute atomic E-state index is 13.3. The number of hydrogen-bond acceptors (Lipinski definition) is 3. The van der Waals surface area contributed by atoms with E-state index >= 15 is 0 Å². The molecule has 1 amide bonds. The molecule has 0 aliphatic rings. The first kappa shape index (κ1) is 18.8. The number of benzene rings is 3. The van der Waals surface area contributed by atoms with Crippen LogP contribution in [0.3, 0.4) is 0 Å². The van der Waals surface area contributed by atoms with E-state index in [1.807, 2.05) is 0 Å². The van der Waals surface area contributed by atoms with Gasteiger partial charge in [0.05, 0.1) is 16.4 Å². The molecule has 0 saturated carbocycles. The Morgan fingerprint density at radius 2 is 1.52 bits per heavy atom. The molecule has 1 heterocycles. The molecule has 0 fully saturated rings. The molecule has 0 radical (unpaired) electrons. The van der Waals surface area contributed by atoms with Crippen molar-refractivity contribution in [3.8, 4) is 17.1 Å². The Hall–Kier alpha value is -3.58. The van der Waals surface area contributed by atoms with Crippen molar-refractivity contribution >= 4 is 23.2 Å². The Labute approximate surface area is 169 Å². The molecule has 0 aliphatic heterocycles. The third-order valence-corrected chi connectivity index (χ3v) is 4.44. The summed E-state index contributed by atoms with van der Waals surface area (Å²) in [4.78, 5) is 17.0. The number of carbonyl (C=O) groups excluding carboxylic acids is 1. The van der Waals surface area contributed by atoms with Gasteiger partial charge in [0.25, 0.3) is 5.91 Å². The second-order valence-electron chi connectivity index (χ2n) is 6.09. The first-order chi connectivity index (χ1) is 14.0. The van der Waals surface area contributed by atoms with Crippen molar-refractivity contribution in [2.45, 2.75) is 0 Å². The second kappa shape index (κ2) is 7.81. The van der Waals surface area contributed by atoms with Crippen LogP contribution in [0.2, 0.25) is 5.02 Å². The fraction of sp³-hybridized carbons (Fsp3) is 0. The Balaban J connectivity index is 1.76. The zero-order valence-corrected chi connectivity index (χ0v) is 15.6. The number of hydrogen-bond donors (Lipinski definition) is 1. The van der Waals surface area contributed by atoms with E-state index in [4.69, 9.17) is 11.6 Å². The minimum absolute atomic E-state index is 0.117. The van der Waals surface area contributed by atoms with Crippen molar-refractivity contribution in [1.82, 2.24) is 14.8 Å². The van der Waals surface area contributed by atoms with Crippen LogP contribution in [0.5, 0.6) is 0 Å². The van der Waals surface area contributed by atoms with Crippen molar-refractivity contribution in [3.63, 3.8) is 0 Å². The quantitative estimate of drug-likeness (QED) is 0.508. The molecule has 0 atom stereocenters. The third-order valence-electron chi connectivity index (χ3n) is 4.11. The summed E-state index contributed by atoms with van der Waals surface area (Å²) in [6, 6.07) is 17.9. The highest BCUT2D eigenvalue weighted by atomic mass is 35.5. The van der Waals surface area contributed by atoms with Crippen LogP contribution in [0.4, 0.5) is 14.5 Å². The van der Waals surface area contributed by atoms with E-state index in [2.05, 4.69) is 15.4 Å². The number of amides is 1. The Kier molecular flexibility index (Phi) is 5.05. The lowest BCUT2D eigenvalue weighted by Crippen LogP contribution is -2.14. The van der Waals surface area contributed by atoms with Gasteiger partial charge in [0, 0.05) is 5.56 Å². The summed E-state index contributed by atoms with van der Waals surface area (Å²) in [6.45, 7) is 0. The summed E-state index contributed by atoms with van der Waals surface area (Å²) < 4.78 is 28.0. The molecule has 0 spiro atoms. The third kappa shape index (κ3) is 4.00.